The van der Waals surface area contributed by atoms with E-state index in [1.54, 1.807) is 0 Å². The lowest BCUT2D eigenvalue weighted by Crippen LogP contribution is -2.48. The SMILES string of the molecule is CCC1(C(=O)N(C)C2CCCCC2)CCNC1. The largest absolute Gasteiger partial charge is 0.342 e. The topological polar surface area (TPSA) is 32.3 Å². The number of nitrogens with zero attached hydrogens (tertiary/aromatic N) is 1. The molecular weight excluding hydrogens is 212 g/mol. The van der Waals surface area contributed by atoms with Gasteiger partial charge in [0.15, 0.2) is 0 Å². The van der Waals surface area contributed by atoms with Crippen molar-refractivity contribution >= 4 is 5.91 Å². The Bertz CT molecular complexity index is 265. The molecule has 1 aliphatic heterocycles. The number of carbonyl (C=O) groups is 1. The fourth-order valence-corrected chi connectivity index (χ4v) is 3.39. The summed E-state index contributed by atoms with van der Waals surface area (Å²) in [6, 6.07) is 0.500. The number of hydrogen-bond donors (Lipinski definition) is 1. The van der Waals surface area contributed by atoms with Gasteiger partial charge in [0.1, 0.15) is 0 Å². The van der Waals surface area contributed by atoms with E-state index in [0.717, 1.165) is 25.9 Å². The van der Waals surface area contributed by atoms with Crippen LogP contribution in [0.3, 0.4) is 0 Å². The van der Waals surface area contributed by atoms with E-state index < -0.39 is 0 Å². The predicted octanol–water partition coefficient (Wildman–Crippen LogP) is 2.17. The lowest BCUT2D eigenvalue weighted by Gasteiger charge is -2.37. The molecule has 3 nitrogen and oxygen atoms in total. The maximum absolute atomic E-state index is 12.7. The zero-order chi connectivity index (χ0) is 12.3. The van der Waals surface area contributed by atoms with E-state index in [9.17, 15) is 4.79 Å². The second-order valence-corrected chi connectivity index (χ2v) is 5.77. The van der Waals surface area contributed by atoms with Crippen LogP contribution in [-0.2, 0) is 4.79 Å². The summed E-state index contributed by atoms with van der Waals surface area (Å²) in [5, 5.41) is 3.36. The third kappa shape index (κ3) is 2.49. The number of rotatable bonds is 3. The summed E-state index contributed by atoms with van der Waals surface area (Å²) in [6.45, 7) is 4.02. The Kier molecular flexibility index (Phi) is 4.08. The van der Waals surface area contributed by atoms with Crippen molar-refractivity contribution in [2.24, 2.45) is 5.41 Å². The number of amides is 1. The molecule has 1 saturated heterocycles. The van der Waals surface area contributed by atoms with Gasteiger partial charge in [0.25, 0.3) is 0 Å². The average Bonchev–Trinajstić information content (AvgIpc) is 2.88. The Labute approximate surface area is 105 Å². The fraction of sp³-hybridized carbons (Fsp3) is 0.929. The Morgan fingerprint density at radius 1 is 1.35 bits per heavy atom. The number of carbonyl (C=O) groups excluding carboxylic acids is 1. The van der Waals surface area contributed by atoms with Crippen LogP contribution in [0.1, 0.15) is 51.9 Å². The zero-order valence-electron chi connectivity index (χ0n) is 11.3. The van der Waals surface area contributed by atoms with E-state index in [2.05, 4.69) is 17.1 Å². The molecule has 98 valence electrons. The van der Waals surface area contributed by atoms with Crippen LogP contribution in [-0.4, -0.2) is 37.0 Å². The Balaban J connectivity index is 2.02. The smallest absolute Gasteiger partial charge is 0.230 e. The predicted molar refractivity (Wildman–Crippen MR) is 69.9 cm³/mol. The summed E-state index contributed by atoms with van der Waals surface area (Å²) in [5.74, 6) is 0.386. The molecule has 1 aliphatic carbocycles. The summed E-state index contributed by atoms with van der Waals surface area (Å²) < 4.78 is 0. The first-order valence-electron chi connectivity index (χ1n) is 7.17. The van der Waals surface area contributed by atoms with E-state index in [0.29, 0.717) is 11.9 Å². The third-order valence-corrected chi connectivity index (χ3v) is 4.82. The van der Waals surface area contributed by atoms with Crippen LogP contribution >= 0.6 is 0 Å². The molecule has 0 aromatic heterocycles. The molecule has 1 N–H and O–H groups in total. The van der Waals surface area contributed by atoms with Gasteiger partial charge in [0.05, 0.1) is 5.41 Å². The van der Waals surface area contributed by atoms with Gasteiger partial charge in [-0.1, -0.05) is 26.2 Å². The zero-order valence-corrected chi connectivity index (χ0v) is 11.3. The van der Waals surface area contributed by atoms with Gasteiger partial charge in [-0.15, -0.1) is 0 Å². The molecule has 2 rings (SSSR count). The molecule has 17 heavy (non-hydrogen) atoms. The molecule has 1 heterocycles. The minimum absolute atomic E-state index is 0.105. The van der Waals surface area contributed by atoms with Crippen molar-refractivity contribution in [3.05, 3.63) is 0 Å². The highest BCUT2D eigenvalue weighted by molar-refractivity contribution is 5.83. The van der Waals surface area contributed by atoms with E-state index in [-0.39, 0.29) is 5.41 Å². The van der Waals surface area contributed by atoms with Gasteiger partial charge in [-0.3, -0.25) is 4.79 Å². The lowest BCUT2D eigenvalue weighted by molar-refractivity contribution is -0.142. The molecule has 0 aromatic carbocycles. The monoisotopic (exact) mass is 238 g/mol. The van der Waals surface area contributed by atoms with Crippen LogP contribution in [0, 0.1) is 5.41 Å². The molecule has 0 spiro atoms. The number of hydrogen-bond acceptors (Lipinski definition) is 2. The van der Waals surface area contributed by atoms with Crippen molar-refractivity contribution < 1.29 is 4.79 Å². The molecule has 2 fully saturated rings. The average molecular weight is 238 g/mol. The fourth-order valence-electron chi connectivity index (χ4n) is 3.39. The van der Waals surface area contributed by atoms with Crippen molar-refractivity contribution in [1.29, 1.82) is 0 Å². The number of nitrogens with one attached hydrogen (secondary N) is 1. The molecular formula is C14H26N2O. The maximum Gasteiger partial charge on any atom is 0.230 e. The Hall–Kier alpha value is -0.570. The van der Waals surface area contributed by atoms with Crippen LogP contribution in [0.15, 0.2) is 0 Å². The highest BCUT2D eigenvalue weighted by atomic mass is 16.2. The van der Waals surface area contributed by atoms with Crippen molar-refractivity contribution in [2.45, 2.75) is 57.9 Å². The first-order chi connectivity index (χ1) is 8.19. The van der Waals surface area contributed by atoms with Gasteiger partial charge in [-0.05, 0) is 32.2 Å². The summed E-state index contributed by atoms with van der Waals surface area (Å²) >= 11 is 0. The minimum Gasteiger partial charge on any atom is -0.342 e. The highest BCUT2D eigenvalue weighted by Crippen LogP contribution is 2.33. The lowest BCUT2D eigenvalue weighted by atomic mass is 9.81. The van der Waals surface area contributed by atoms with Crippen LogP contribution in [0.2, 0.25) is 0 Å². The summed E-state index contributed by atoms with van der Waals surface area (Å²) in [4.78, 5) is 14.7. The molecule has 3 heteroatoms. The molecule has 0 radical (unpaired) electrons. The van der Waals surface area contributed by atoms with Gasteiger partial charge in [0, 0.05) is 19.6 Å². The summed E-state index contributed by atoms with van der Waals surface area (Å²) in [6.07, 6.45) is 8.32. The first-order valence-corrected chi connectivity index (χ1v) is 7.17. The molecule has 1 amide bonds. The molecule has 0 bridgehead atoms. The molecule has 0 aromatic rings. The normalized spacial score (nSPS) is 30.5. The van der Waals surface area contributed by atoms with Crippen molar-refractivity contribution in [3.63, 3.8) is 0 Å². The van der Waals surface area contributed by atoms with E-state index in [1.165, 1.54) is 32.1 Å². The maximum atomic E-state index is 12.7. The van der Waals surface area contributed by atoms with Crippen LogP contribution in [0.4, 0.5) is 0 Å². The Morgan fingerprint density at radius 3 is 2.59 bits per heavy atom. The summed E-state index contributed by atoms with van der Waals surface area (Å²) in [7, 11) is 2.02. The van der Waals surface area contributed by atoms with Gasteiger partial charge in [0.2, 0.25) is 5.91 Å². The van der Waals surface area contributed by atoms with Crippen LogP contribution in [0.5, 0.6) is 0 Å². The van der Waals surface area contributed by atoms with Gasteiger partial charge in [-0.2, -0.15) is 0 Å². The van der Waals surface area contributed by atoms with Crippen LogP contribution < -0.4 is 5.32 Å². The molecule has 1 saturated carbocycles. The second kappa shape index (κ2) is 5.38. The van der Waals surface area contributed by atoms with E-state index in [1.807, 2.05) is 7.05 Å². The quantitative estimate of drug-likeness (QED) is 0.817. The van der Waals surface area contributed by atoms with E-state index in [4.69, 9.17) is 0 Å². The second-order valence-electron chi connectivity index (χ2n) is 5.77. The third-order valence-electron chi connectivity index (χ3n) is 4.82. The molecule has 1 unspecified atom stereocenters. The molecule has 1 atom stereocenters. The standard InChI is InChI=1S/C14H26N2O/c1-3-14(9-10-15-11-14)13(17)16(2)12-7-5-4-6-8-12/h12,15H,3-11H2,1-2H3. The first kappa shape index (κ1) is 12.9. The minimum atomic E-state index is -0.105. The molecule has 2 aliphatic rings. The highest BCUT2D eigenvalue weighted by Gasteiger charge is 2.42. The van der Waals surface area contributed by atoms with Crippen LogP contribution in [0.25, 0.3) is 0 Å². The van der Waals surface area contributed by atoms with Crippen molar-refractivity contribution in [2.75, 3.05) is 20.1 Å². The van der Waals surface area contributed by atoms with E-state index >= 15 is 0 Å². The summed E-state index contributed by atoms with van der Waals surface area (Å²) in [5.41, 5.74) is -0.105. The Morgan fingerprint density at radius 2 is 2.06 bits per heavy atom. The van der Waals surface area contributed by atoms with Gasteiger partial charge in [-0.25, -0.2) is 0 Å². The van der Waals surface area contributed by atoms with Crippen molar-refractivity contribution in [1.82, 2.24) is 10.2 Å². The van der Waals surface area contributed by atoms with Crippen molar-refractivity contribution in [3.8, 4) is 0 Å². The van der Waals surface area contributed by atoms with Gasteiger partial charge < -0.3 is 10.2 Å². The van der Waals surface area contributed by atoms with Gasteiger partial charge >= 0.3 is 0 Å².